The first-order chi connectivity index (χ1) is 5.68. The Labute approximate surface area is 70.4 Å². The Kier molecular flexibility index (Phi) is 2.90. The van der Waals surface area contributed by atoms with Gasteiger partial charge >= 0.3 is 6.16 Å². The van der Waals surface area contributed by atoms with Crippen molar-refractivity contribution >= 4 is 12.0 Å². The molecule has 1 aliphatic heterocycles. The first-order valence-corrected chi connectivity index (χ1v) is 3.85. The number of nitrogens with one attached hydrogen (secondary N) is 1. The molecule has 0 aromatic rings. The Hall–Kier alpha value is -1.26. The van der Waals surface area contributed by atoms with E-state index in [0.717, 1.165) is 18.8 Å². The highest BCUT2D eigenvalue weighted by molar-refractivity contribution is 5.80. The van der Waals surface area contributed by atoms with Gasteiger partial charge in [-0.2, -0.15) is 0 Å². The van der Waals surface area contributed by atoms with Crippen LogP contribution in [0.4, 0.5) is 4.79 Å². The van der Waals surface area contributed by atoms with Crippen LogP contribution in [0.15, 0.2) is 4.99 Å². The molecule has 5 heteroatoms. The summed E-state index contributed by atoms with van der Waals surface area (Å²) >= 11 is 0. The molecule has 2 N–H and O–H groups in total. The second-order valence-electron chi connectivity index (χ2n) is 2.63. The fourth-order valence-corrected chi connectivity index (χ4v) is 1.08. The van der Waals surface area contributed by atoms with Crippen LogP contribution in [0.1, 0.15) is 19.8 Å². The molecule has 0 fully saturated rings. The molecule has 68 valence electrons. The number of amidine groups is 1. The van der Waals surface area contributed by atoms with Crippen molar-refractivity contribution < 1.29 is 14.6 Å². The molecule has 0 aliphatic carbocycles. The number of carbonyl (C=O) groups is 1. The third-order valence-electron chi connectivity index (χ3n) is 1.59. The van der Waals surface area contributed by atoms with Crippen molar-refractivity contribution in [2.45, 2.75) is 26.0 Å². The second kappa shape index (κ2) is 3.94. The maximum atomic E-state index is 10.2. The summed E-state index contributed by atoms with van der Waals surface area (Å²) in [4.78, 5) is 14.3. The lowest BCUT2D eigenvalue weighted by Crippen LogP contribution is -2.35. The van der Waals surface area contributed by atoms with Crippen LogP contribution in [0, 0.1) is 0 Å². The Morgan fingerprint density at radius 3 is 3.25 bits per heavy atom. The minimum atomic E-state index is -1.25. The molecular weight excluding hydrogens is 160 g/mol. The fourth-order valence-electron chi connectivity index (χ4n) is 1.08. The zero-order valence-corrected chi connectivity index (χ0v) is 6.91. The van der Waals surface area contributed by atoms with E-state index in [2.05, 4.69) is 15.0 Å². The second-order valence-corrected chi connectivity index (χ2v) is 2.63. The maximum absolute atomic E-state index is 10.2. The molecule has 0 spiro atoms. The van der Waals surface area contributed by atoms with E-state index in [9.17, 15) is 4.79 Å². The van der Waals surface area contributed by atoms with E-state index in [1.807, 2.05) is 0 Å². The Morgan fingerprint density at radius 2 is 2.58 bits per heavy atom. The molecule has 1 unspecified atom stereocenters. The molecule has 0 amide bonds. The summed E-state index contributed by atoms with van der Waals surface area (Å²) < 4.78 is 4.57. The first kappa shape index (κ1) is 8.83. The van der Waals surface area contributed by atoms with E-state index < -0.39 is 12.4 Å². The summed E-state index contributed by atoms with van der Waals surface area (Å²) in [5.41, 5.74) is 0. The molecule has 0 aromatic heterocycles. The van der Waals surface area contributed by atoms with Crippen LogP contribution >= 0.6 is 0 Å². The summed E-state index contributed by atoms with van der Waals surface area (Å²) in [6, 6.07) is 0. The zero-order chi connectivity index (χ0) is 8.97. The van der Waals surface area contributed by atoms with Crippen molar-refractivity contribution in [3.8, 4) is 0 Å². The quantitative estimate of drug-likeness (QED) is 0.574. The van der Waals surface area contributed by atoms with Crippen LogP contribution in [0.2, 0.25) is 0 Å². The van der Waals surface area contributed by atoms with Crippen LogP contribution in [-0.2, 0) is 4.74 Å². The standard InChI is InChI=1S/C7H12N2O3/c1-5-8-4-2-3-6(9-5)12-7(10)11/h6H,2-4H2,1H3,(H,8,9)(H,10,11). The predicted molar refractivity (Wildman–Crippen MR) is 43.2 cm³/mol. The topological polar surface area (TPSA) is 70.9 Å². The average Bonchev–Trinajstić information content (AvgIpc) is 2.12. The van der Waals surface area contributed by atoms with Crippen molar-refractivity contribution in [1.82, 2.24) is 5.32 Å². The van der Waals surface area contributed by atoms with E-state index in [1.54, 1.807) is 6.92 Å². The Morgan fingerprint density at radius 1 is 1.83 bits per heavy atom. The molecule has 1 atom stereocenters. The van der Waals surface area contributed by atoms with Gasteiger partial charge in [-0.25, -0.2) is 4.79 Å². The SMILES string of the molecule is CC1=NCCCC(OC(=O)O)N1. The van der Waals surface area contributed by atoms with Crippen molar-refractivity contribution in [2.75, 3.05) is 6.54 Å². The maximum Gasteiger partial charge on any atom is 0.507 e. The van der Waals surface area contributed by atoms with Gasteiger partial charge in [0, 0.05) is 13.0 Å². The summed E-state index contributed by atoms with van der Waals surface area (Å²) in [7, 11) is 0. The Bertz CT molecular complexity index is 203. The van der Waals surface area contributed by atoms with Crippen molar-refractivity contribution in [3.63, 3.8) is 0 Å². The Balaban J connectivity index is 2.44. The van der Waals surface area contributed by atoms with Gasteiger partial charge in [-0.15, -0.1) is 0 Å². The fraction of sp³-hybridized carbons (Fsp3) is 0.714. The van der Waals surface area contributed by atoms with Gasteiger partial charge in [-0.1, -0.05) is 0 Å². The summed E-state index contributed by atoms with van der Waals surface area (Å²) in [6.07, 6.45) is -0.161. The van der Waals surface area contributed by atoms with E-state index in [1.165, 1.54) is 0 Å². The van der Waals surface area contributed by atoms with Gasteiger partial charge in [0.15, 0.2) is 6.23 Å². The summed E-state index contributed by atoms with van der Waals surface area (Å²) in [5.74, 6) is 0.735. The molecule has 1 aliphatic rings. The molecular formula is C7H12N2O3. The number of ether oxygens (including phenoxy) is 1. The van der Waals surface area contributed by atoms with E-state index in [-0.39, 0.29) is 0 Å². The number of hydrogen-bond acceptors (Lipinski definition) is 4. The van der Waals surface area contributed by atoms with Crippen LogP contribution < -0.4 is 5.32 Å². The highest BCUT2D eigenvalue weighted by Crippen LogP contribution is 2.03. The number of carboxylic acid groups (broad SMARTS) is 1. The lowest BCUT2D eigenvalue weighted by molar-refractivity contribution is 0.0423. The predicted octanol–water partition coefficient (Wildman–Crippen LogP) is 0.809. The van der Waals surface area contributed by atoms with E-state index >= 15 is 0 Å². The number of nitrogens with zero attached hydrogens (tertiary/aromatic N) is 1. The highest BCUT2D eigenvalue weighted by atomic mass is 16.7. The van der Waals surface area contributed by atoms with Gasteiger partial charge in [-0.3, -0.25) is 4.99 Å². The smallest absolute Gasteiger partial charge is 0.450 e. The molecule has 5 nitrogen and oxygen atoms in total. The first-order valence-electron chi connectivity index (χ1n) is 3.85. The van der Waals surface area contributed by atoms with Crippen molar-refractivity contribution in [2.24, 2.45) is 4.99 Å². The average molecular weight is 172 g/mol. The third-order valence-corrected chi connectivity index (χ3v) is 1.59. The van der Waals surface area contributed by atoms with E-state index in [4.69, 9.17) is 5.11 Å². The van der Waals surface area contributed by atoms with Gasteiger partial charge in [0.1, 0.15) is 0 Å². The number of rotatable bonds is 1. The molecule has 0 saturated heterocycles. The lowest BCUT2D eigenvalue weighted by atomic mass is 10.3. The van der Waals surface area contributed by atoms with Gasteiger partial charge in [-0.05, 0) is 13.3 Å². The van der Waals surface area contributed by atoms with Crippen molar-refractivity contribution in [1.29, 1.82) is 0 Å². The van der Waals surface area contributed by atoms with Gasteiger partial charge in [0.2, 0.25) is 0 Å². The number of aliphatic imine (C=N–C) groups is 1. The summed E-state index contributed by atoms with van der Waals surface area (Å²) in [5, 5.41) is 11.2. The third kappa shape index (κ3) is 2.77. The molecule has 0 saturated carbocycles. The molecule has 1 heterocycles. The molecule has 0 bridgehead atoms. The monoisotopic (exact) mass is 172 g/mol. The van der Waals surface area contributed by atoms with Gasteiger partial charge in [0.05, 0.1) is 5.84 Å². The van der Waals surface area contributed by atoms with Crippen LogP contribution in [0.5, 0.6) is 0 Å². The highest BCUT2D eigenvalue weighted by Gasteiger charge is 2.15. The lowest BCUT2D eigenvalue weighted by Gasteiger charge is -2.14. The normalized spacial score (nSPS) is 23.4. The number of hydrogen-bond donors (Lipinski definition) is 2. The molecule has 1 rings (SSSR count). The van der Waals surface area contributed by atoms with Crippen LogP contribution in [0.3, 0.4) is 0 Å². The zero-order valence-electron chi connectivity index (χ0n) is 6.91. The largest absolute Gasteiger partial charge is 0.507 e. The van der Waals surface area contributed by atoms with Gasteiger partial charge in [0.25, 0.3) is 0 Å². The van der Waals surface area contributed by atoms with Crippen LogP contribution in [0.25, 0.3) is 0 Å². The molecule has 0 aromatic carbocycles. The summed E-state index contributed by atoms with van der Waals surface area (Å²) in [6.45, 7) is 2.53. The van der Waals surface area contributed by atoms with Crippen LogP contribution in [-0.4, -0.2) is 29.9 Å². The minimum absolute atomic E-state index is 0.436. The van der Waals surface area contributed by atoms with Gasteiger partial charge < -0.3 is 15.2 Å². The molecule has 12 heavy (non-hydrogen) atoms. The molecule has 0 radical (unpaired) electrons. The minimum Gasteiger partial charge on any atom is -0.450 e. The van der Waals surface area contributed by atoms with E-state index in [0.29, 0.717) is 6.42 Å². The van der Waals surface area contributed by atoms with Crippen molar-refractivity contribution in [3.05, 3.63) is 0 Å².